The SMILES string of the molecule is O=C(CNc1cccnc1)N1Cc2ccccc2Oc2ccccc2C1. The maximum atomic E-state index is 12.9. The van der Waals surface area contributed by atoms with Crippen molar-refractivity contribution in [3.8, 4) is 11.5 Å². The summed E-state index contributed by atoms with van der Waals surface area (Å²) in [4.78, 5) is 18.8. The van der Waals surface area contributed by atoms with Crippen LogP contribution in [0.4, 0.5) is 5.69 Å². The highest BCUT2D eigenvalue weighted by Crippen LogP contribution is 2.32. The minimum absolute atomic E-state index is 0.0281. The summed E-state index contributed by atoms with van der Waals surface area (Å²) < 4.78 is 6.08. The number of anilines is 1. The van der Waals surface area contributed by atoms with E-state index >= 15 is 0 Å². The quantitative estimate of drug-likeness (QED) is 0.784. The molecule has 0 bridgehead atoms. The summed E-state index contributed by atoms with van der Waals surface area (Å²) >= 11 is 0. The third-order valence-electron chi connectivity index (χ3n) is 4.35. The first-order valence-corrected chi connectivity index (χ1v) is 8.55. The lowest BCUT2D eigenvalue weighted by Crippen LogP contribution is -2.35. The molecular formula is C21H19N3O2. The predicted octanol–water partition coefficient (Wildman–Crippen LogP) is 3.83. The Hall–Kier alpha value is -3.34. The second kappa shape index (κ2) is 7.27. The van der Waals surface area contributed by atoms with E-state index in [0.717, 1.165) is 28.3 Å². The molecule has 2 heterocycles. The number of amides is 1. The van der Waals surface area contributed by atoms with Crippen LogP contribution in [0.15, 0.2) is 73.1 Å². The van der Waals surface area contributed by atoms with Gasteiger partial charge in [-0.25, -0.2) is 0 Å². The van der Waals surface area contributed by atoms with Crippen LogP contribution < -0.4 is 10.1 Å². The van der Waals surface area contributed by atoms with E-state index in [0.29, 0.717) is 13.1 Å². The van der Waals surface area contributed by atoms with E-state index in [1.807, 2.05) is 65.6 Å². The van der Waals surface area contributed by atoms with Gasteiger partial charge in [0.05, 0.1) is 12.2 Å². The van der Waals surface area contributed by atoms with Crippen molar-refractivity contribution in [1.82, 2.24) is 9.88 Å². The van der Waals surface area contributed by atoms with Crippen LogP contribution >= 0.6 is 0 Å². The lowest BCUT2D eigenvalue weighted by molar-refractivity contribution is -0.130. The molecule has 0 fully saturated rings. The van der Waals surface area contributed by atoms with E-state index < -0.39 is 0 Å². The molecule has 1 N–H and O–H groups in total. The zero-order valence-corrected chi connectivity index (χ0v) is 14.3. The van der Waals surface area contributed by atoms with Crippen LogP contribution in [-0.2, 0) is 17.9 Å². The van der Waals surface area contributed by atoms with Gasteiger partial charge in [0.1, 0.15) is 11.5 Å². The summed E-state index contributed by atoms with van der Waals surface area (Å²) in [6, 6.07) is 19.4. The van der Waals surface area contributed by atoms with Crippen molar-refractivity contribution in [2.45, 2.75) is 13.1 Å². The molecule has 2 aromatic carbocycles. The molecule has 5 nitrogen and oxygen atoms in total. The first kappa shape index (κ1) is 16.1. The molecule has 0 saturated heterocycles. The Morgan fingerprint density at radius 2 is 1.62 bits per heavy atom. The number of rotatable bonds is 3. The summed E-state index contributed by atoms with van der Waals surface area (Å²) in [5, 5.41) is 3.14. The Labute approximate surface area is 152 Å². The second-order valence-corrected chi connectivity index (χ2v) is 6.16. The number of carbonyl (C=O) groups excluding carboxylic acids is 1. The second-order valence-electron chi connectivity index (χ2n) is 6.16. The van der Waals surface area contributed by atoms with Crippen molar-refractivity contribution >= 4 is 11.6 Å². The van der Waals surface area contributed by atoms with Gasteiger partial charge < -0.3 is 15.0 Å². The van der Waals surface area contributed by atoms with Crippen molar-refractivity contribution in [1.29, 1.82) is 0 Å². The lowest BCUT2D eigenvalue weighted by Gasteiger charge is -2.28. The number of fused-ring (bicyclic) bond motifs is 2. The number of carbonyl (C=O) groups is 1. The molecule has 1 aliphatic heterocycles. The van der Waals surface area contributed by atoms with Gasteiger partial charge in [-0.2, -0.15) is 0 Å². The number of nitrogens with one attached hydrogen (secondary N) is 1. The molecule has 1 amide bonds. The normalized spacial score (nSPS) is 12.8. The highest BCUT2D eigenvalue weighted by Gasteiger charge is 2.21. The summed E-state index contributed by atoms with van der Waals surface area (Å²) in [7, 11) is 0. The molecule has 0 radical (unpaired) electrons. The van der Waals surface area contributed by atoms with E-state index in [4.69, 9.17) is 4.74 Å². The van der Waals surface area contributed by atoms with Crippen LogP contribution in [0.25, 0.3) is 0 Å². The van der Waals surface area contributed by atoms with E-state index in [1.165, 1.54) is 0 Å². The van der Waals surface area contributed by atoms with Crippen molar-refractivity contribution in [3.05, 3.63) is 84.2 Å². The molecule has 26 heavy (non-hydrogen) atoms. The molecular weight excluding hydrogens is 326 g/mol. The molecule has 1 aliphatic rings. The van der Waals surface area contributed by atoms with Gasteiger partial charge in [0, 0.05) is 36.6 Å². The molecule has 4 rings (SSSR count). The molecule has 0 saturated carbocycles. The minimum atomic E-state index is 0.0281. The third kappa shape index (κ3) is 3.52. The van der Waals surface area contributed by atoms with Gasteiger partial charge in [-0.3, -0.25) is 9.78 Å². The summed E-state index contributed by atoms with van der Waals surface area (Å²) in [6.45, 7) is 1.24. The summed E-state index contributed by atoms with van der Waals surface area (Å²) in [5.74, 6) is 1.61. The maximum Gasteiger partial charge on any atom is 0.242 e. The monoisotopic (exact) mass is 345 g/mol. The Bertz CT molecular complexity index is 864. The molecule has 0 unspecified atom stereocenters. The van der Waals surface area contributed by atoms with Crippen LogP contribution in [-0.4, -0.2) is 22.3 Å². The van der Waals surface area contributed by atoms with Crippen LogP contribution in [0.5, 0.6) is 11.5 Å². The number of para-hydroxylation sites is 2. The van der Waals surface area contributed by atoms with Crippen molar-refractivity contribution < 1.29 is 9.53 Å². The molecule has 3 aromatic rings. The fourth-order valence-electron chi connectivity index (χ4n) is 2.99. The van der Waals surface area contributed by atoms with E-state index in [-0.39, 0.29) is 12.5 Å². The maximum absolute atomic E-state index is 12.9. The van der Waals surface area contributed by atoms with Crippen molar-refractivity contribution in [3.63, 3.8) is 0 Å². The molecule has 0 aliphatic carbocycles. The van der Waals surface area contributed by atoms with E-state index in [2.05, 4.69) is 10.3 Å². The van der Waals surface area contributed by atoms with E-state index in [1.54, 1.807) is 12.4 Å². The minimum Gasteiger partial charge on any atom is -0.457 e. The Morgan fingerprint density at radius 3 is 2.23 bits per heavy atom. The number of pyridine rings is 1. The summed E-state index contributed by atoms with van der Waals surface area (Å²) in [5.41, 5.74) is 2.82. The molecule has 1 aromatic heterocycles. The van der Waals surface area contributed by atoms with Crippen LogP contribution in [0.2, 0.25) is 0 Å². The van der Waals surface area contributed by atoms with Crippen LogP contribution in [0.3, 0.4) is 0 Å². The van der Waals surface area contributed by atoms with Gasteiger partial charge in [0.25, 0.3) is 0 Å². The van der Waals surface area contributed by atoms with Crippen molar-refractivity contribution in [2.75, 3.05) is 11.9 Å². The number of ether oxygens (including phenoxy) is 1. The van der Waals surface area contributed by atoms with Gasteiger partial charge in [0.15, 0.2) is 0 Å². The summed E-state index contributed by atoms with van der Waals surface area (Å²) in [6.07, 6.45) is 3.42. The predicted molar refractivity (Wildman–Crippen MR) is 99.9 cm³/mol. The van der Waals surface area contributed by atoms with Gasteiger partial charge in [-0.15, -0.1) is 0 Å². The van der Waals surface area contributed by atoms with Gasteiger partial charge >= 0.3 is 0 Å². The number of hydrogen-bond donors (Lipinski definition) is 1. The standard InChI is InChI=1S/C21H19N3O2/c25-21(13-23-18-8-5-11-22-12-18)24-14-16-6-1-3-9-19(16)26-20-10-4-2-7-17(20)15-24/h1-12,23H,13-15H2. The first-order valence-electron chi connectivity index (χ1n) is 8.55. The lowest BCUT2D eigenvalue weighted by atomic mass is 10.1. The van der Waals surface area contributed by atoms with Gasteiger partial charge in [0.2, 0.25) is 5.91 Å². The fourth-order valence-corrected chi connectivity index (χ4v) is 2.99. The zero-order valence-electron chi connectivity index (χ0n) is 14.3. The van der Waals surface area contributed by atoms with Crippen LogP contribution in [0.1, 0.15) is 11.1 Å². The van der Waals surface area contributed by atoms with Gasteiger partial charge in [-0.1, -0.05) is 36.4 Å². The molecule has 0 spiro atoms. The van der Waals surface area contributed by atoms with Crippen molar-refractivity contribution in [2.24, 2.45) is 0 Å². The average molecular weight is 345 g/mol. The molecule has 5 heteroatoms. The highest BCUT2D eigenvalue weighted by molar-refractivity contribution is 5.81. The number of aromatic nitrogens is 1. The average Bonchev–Trinajstić information content (AvgIpc) is 2.67. The van der Waals surface area contributed by atoms with E-state index in [9.17, 15) is 4.79 Å². The zero-order chi connectivity index (χ0) is 17.8. The topological polar surface area (TPSA) is 54.5 Å². The molecule has 0 atom stereocenters. The first-order chi connectivity index (χ1) is 12.8. The highest BCUT2D eigenvalue weighted by atomic mass is 16.5. The van der Waals surface area contributed by atoms with Crippen LogP contribution in [0, 0.1) is 0 Å². The number of hydrogen-bond acceptors (Lipinski definition) is 4. The molecule has 130 valence electrons. The third-order valence-corrected chi connectivity index (χ3v) is 4.35. The number of benzene rings is 2. The smallest absolute Gasteiger partial charge is 0.242 e. The Balaban J connectivity index is 1.58. The number of nitrogens with zero attached hydrogens (tertiary/aromatic N) is 2. The fraction of sp³-hybridized carbons (Fsp3) is 0.143. The Kier molecular flexibility index (Phi) is 4.51. The van der Waals surface area contributed by atoms with Gasteiger partial charge in [-0.05, 0) is 24.3 Å². The Morgan fingerprint density at radius 1 is 0.962 bits per heavy atom. The largest absolute Gasteiger partial charge is 0.457 e.